The van der Waals surface area contributed by atoms with Gasteiger partial charge in [0.1, 0.15) is 6.10 Å². The highest BCUT2D eigenvalue weighted by Gasteiger charge is 2.84. The molecule has 0 aromatic carbocycles. The molecule has 2 aliphatic heterocycles. The number of nitrogens with zero attached hydrogens (tertiary/aromatic N) is 1. The van der Waals surface area contributed by atoms with Crippen LogP contribution in [0.25, 0.3) is 0 Å². The zero-order chi connectivity index (χ0) is 34.3. The summed E-state index contributed by atoms with van der Waals surface area (Å²) in [5.74, 6) is 1.67. The summed E-state index contributed by atoms with van der Waals surface area (Å²) in [7, 11) is 0. The maximum absolute atomic E-state index is 13.1. The third-order valence-corrected chi connectivity index (χ3v) is 16.1. The molecule has 8 nitrogen and oxygen atoms in total. The number of morpholine rings is 1. The van der Waals surface area contributed by atoms with Crippen LogP contribution >= 0.6 is 0 Å². The summed E-state index contributed by atoms with van der Waals surface area (Å²) < 4.78 is 19.6. The fraction of sp³-hybridized carbons (Fsp3) is 0.974. The quantitative estimate of drug-likeness (QED) is 0.363. The minimum Gasteiger partial charge on any atom is -0.390 e. The van der Waals surface area contributed by atoms with Gasteiger partial charge >= 0.3 is 0 Å². The van der Waals surface area contributed by atoms with Crippen molar-refractivity contribution in [2.45, 2.75) is 163 Å². The zero-order valence-corrected chi connectivity index (χ0v) is 31.0. The zero-order valence-electron chi connectivity index (χ0n) is 31.0. The maximum Gasteiger partial charge on any atom is 0.228 e. The summed E-state index contributed by atoms with van der Waals surface area (Å²) in [5, 5.41) is 34.1. The standard InChI is InChI=1S/C39H65NO7/c1-22-19-23(30(41)35(7,8)44)46-29-28(22)36(9)15-16-39-21-38(39)14-13-26(47-27-20-40(17-18-45-27)32(43)33(2,3)4)34(5,6)24(38)11-12-25(39)37(36,10)31(29)42/h22-31,41-42,44H,11-21H2,1-10H3/t22-,23-,24+,25+,26+,27?,28+,29+,30+,31+,36-,37-,38-,39+/m1/s1. The number of carbonyl (C=O) groups excluding carboxylic acids is 1. The van der Waals surface area contributed by atoms with Gasteiger partial charge in [-0.2, -0.15) is 0 Å². The average molecular weight is 660 g/mol. The van der Waals surface area contributed by atoms with E-state index in [2.05, 4.69) is 34.6 Å². The van der Waals surface area contributed by atoms with Gasteiger partial charge in [-0.1, -0.05) is 55.4 Å². The summed E-state index contributed by atoms with van der Waals surface area (Å²) in [5.41, 5.74) is -1.48. The van der Waals surface area contributed by atoms with Crippen molar-refractivity contribution in [3.05, 3.63) is 0 Å². The summed E-state index contributed by atoms with van der Waals surface area (Å²) in [6.07, 6.45) is 6.01. The Balaban J connectivity index is 1.11. The van der Waals surface area contributed by atoms with E-state index in [1.807, 2.05) is 25.7 Å². The van der Waals surface area contributed by atoms with Gasteiger partial charge in [0, 0.05) is 17.4 Å². The van der Waals surface area contributed by atoms with Crippen molar-refractivity contribution in [1.29, 1.82) is 0 Å². The molecule has 47 heavy (non-hydrogen) atoms. The molecule has 268 valence electrons. The second-order valence-electron chi connectivity index (χ2n) is 20.1. The van der Waals surface area contributed by atoms with Crippen LogP contribution in [-0.4, -0.2) is 88.2 Å². The van der Waals surface area contributed by atoms with E-state index >= 15 is 0 Å². The molecule has 7 rings (SSSR count). The van der Waals surface area contributed by atoms with Gasteiger partial charge in [-0.25, -0.2) is 0 Å². The Kier molecular flexibility index (Phi) is 7.84. The first-order valence-electron chi connectivity index (χ1n) is 19.0. The van der Waals surface area contributed by atoms with Crippen molar-refractivity contribution in [2.24, 2.45) is 56.2 Å². The fourth-order valence-corrected chi connectivity index (χ4v) is 13.8. The first-order valence-corrected chi connectivity index (χ1v) is 19.0. The lowest BCUT2D eigenvalue weighted by Crippen LogP contribution is -2.60. The van der Waals surface area contributed by atoms with Crippen molar-refractivity contribution in [1.82, 2.24) is 4.90 Å². The summed E-state index contributed by atoms with van der Waals surface area (Å²) in [6.45, 7) is 22.8. The molecule has 1 amide bonds. The van der Waals surface area contributed by atoms with Crippen LogP contribution in [0.3, 0.4) is 0 Å². The normalized spacial score (nSPS) is 51.2. The monoisotopic (exact) mass is 659 g/mol. The minimum absolute atomic E-state index is 0.0194. The van der Waals surface area contributed by atoms with Crippen molar-refractivity contribution < 1.29 is 34.3 Å². The number of rotatable bonds is 4. The molecule has 1 unspecified atom stereocenters. The number of hydrogen-bond acceptors (Lipinski definition) is 7. The van der Waals surface area contributed by atoms with Gasteiger partial charge in [0.2, 0.25) is 5.91 Å². The third kappa shape index (κ3) is 4.62. The smallest absolute Gasteiger partial charge is 0.228 e. The highest BCUT2D eigenvalue weighted by molar-refractivity contribution is 5.81. The number of amides is 1. The molecule has 3 N–H and O–H groups in total. The lowest BCUT2D eigenvalue weighted by atomic mass is 9.41. The fourth-order valence-electron chi connectivity index (χ4n) is 13.8. The van der Waals surface area contributed by atoms with Gasteiger partial charge in [-0.15, -0.1) is 0 Å². The number of aliphatic hydroxyl groups is 3. The molecule has 2 saturated heterocycles. The first kappa shape index (κ1) is 34.7. The van der Waals surface area contributed by atoms with E-state index in [1.54, 1.807) is 13.8 Å². The van der Waals surface area contributed by atoms with Crippen LogP contribution in [0.2, 0.25) is 0 Å². The number of carbonyl (C=O) groups is 1. The topological polar surface area (TPSA) is 109 Å². The van der Waals surface area contributed by atoms with E-state index in [0.717, 1.165) is 32.1 Å². The van der Waals surface area contributed by atoms with Gasteiger partial charge in [-0.05, 0) is 111 Å². The van der Waals surface area contributed by atoms with Gasteiger partial charge < -0.3 is 34.4 Å². The Morgan fingerprint density at radius 3 is 2.30 bits per heavy atom. The summed E-state index contributed by atoms with van der Waals surface area (Å²) >= 11 is 0. The molecular weight excluding hydrogens is 594 g/mol. The number of aliphatic hydroxyl groups excluding tert-OH is 2. The molecule has 8 heteroatoms. The van der Waals surface area contributed by atoms with Crippen molar-refractivity contribution in [3.8, 4) is 0 Å². The Bertz CT molecular complexity index is 1260. The van der Waals surface area contributed by atoms with Crippen LogP contribution in [0, 0.1) is 56.2 Å². The SMILES string of the molecule is C[C@@H]1C[C@H]([C@H](O)C(C)(C)O)O[C@H]2[C@H]1[C@@]1(C)CC[C@@]34C[C@@]35CC[C@H](OC3CN(C(=O)C(C)(C)C)CCO3)C(C)(C)[C@@H]5CC[C@H]4[C@]1(C)[C@H]2O. The van der Waals surface area contributed by atoms with Crippen LogP contribution in [0.4, 0.5) is 0 Å². The molecule has 14 atom stereocenters. The van der Waals surface area contributed by atoms with Crippen LogP contribution in [-0.2, 0) is 19.0 Å². The molecule has 5 aliphatic carbocycles. The summed E-state index contributed by atoms with van der Waals surface area (Å²) in [6, 6.07) is 0. The van der Waals surface area contributed by atoms with Crippen LogP contribution in [0.1, 0.15) is 121 Å². The number of hydrogen-bond donors (Lipinski definition) is 3. The maximum atomic E-state index is 13.1. The average Bonchev–Trinajstić information content (AvgIpc) is 3.61. The Hall–Kier alpha value is -0.770. The van der Waals surface area contributed by atoms with Crippen molar-refractivity contribution in [2.75, 3.05) is 19.7 Å². The highest BCUT2D eigenvalue weighted by Crippen LogP contribution is 2.89. The molecule has 7 aliphatic rings. The lowest BCUT2D eigenvalue weighted by molar-refractivity contribution is -0.248. The first-order chi connectivity index (χ1) is 21.6. The van der Waals surface area contributed by atoms with E-state index in [-0.39, 0.29) is 57.4 Å². The van der Waals surface area contributed by atoms with Gasteiger partial charge in [0.25, 0.3) is 0 Å². The van der Waals surface area contributed by atoms with Gasteiger partial charge in [-0.3, -0.25) is 4.79 Å². The largest absolute Gasteiger partial charge is 0.390 e. The van der Waals surface area contributed by atoms with Crippen LogP contribution in [0.5, 0.6) is 0 Å². The lowest BCUT2D eigenvalue weighted by Gasteiger charge is -2.64. The molecule has 2 heterocycles. The Labute approximate surface area is 283 Å². The molecule has 2 spiro atoms. The molecular formula is C39H65NO7. The van der Waals surface area contributed by atoms with E-state index in [4.69, 9.17) is 14.2 Å². The molecule has 0 bridgehead atoms. The van der Waals surface area contributed by atoms with E-state index in [1.165, 1.54) is 12.8 Å². The molecule has 0 radical (unpaired) electrons. The van der Waals surface area contributed by atoms with E-state index in [9.17, 15) is 20.1 Å². The van der Waals surface area contributed by atoms with Gasteiger partial charge in [0.05, 0.1) is 43.2 Å². The Morgan fingerprint density at radius 2 is 1.64 bits per heavy atom. The highest BCUT2D eigenvalue weighted by atomic mass is 16.7. The second kappa shape index (κ2) is 10.6. The van der Waals surface area contributed by atoms with Gasteiger partial charge in [0.15, 0.2) is 6.29 Å². The number of fused-ring (bicyclic) bond motifs is 4. The Morgan fingerprint density at radius 1 is 0.979 bits per heavy atom. The van der Waals surface area contributed by atoms with Crippen molar-refractivity contribution >= 4 is 5.91 Å². The van der Waals surface area contributed by atoms with Crippen LogP contribution in [0.15, 0.2) is 0 Å². The van der Waals surface area contributed by atoms with Crippen molar-refractivity contribution in [3.63, 3.8) is 0 Å². The molecule has 0 aromatic heterocycles. The molecule has 7 fully saturated rings. The summed E-state index contributed by atoms with van der Waals surface area (Å²) in [4.78, 5) is 15.0. The predicted octanol–water partition coefficient (Wildman–Crippen LogP) is 5.55. The molecule has 5 saturated carbocycles. The third-order valence-electron chi connectivity index (χ3n) is 16.1. The van der Waals surface area contributed by atoms with Crippen LogP contribution < -0.4 is 0 Å². The second-order valence-corrected chi connectivity index (χ2v) is 20.1. The molecule has 0 aromatic rings. The number of ether oxygens (including phenoxy) is 3. The van der Waals surface area contributed by atoms with E-state index < -0.39 is 29.3 Å². The van der Waals surface area contributed by atoms with E-state index in [0.29, 0.717) is 43.9 Å². The minimum atomic E-state index is -1.26. The predicted molar refractivity (Wildman–Crippen MR) is 179 cm³/mol.